The highest BCUT2D eigenvalue weighted by atomic mass is 35.5. The highest BCUT2D eigenvalue weighted by Gasteiger charge is 2.26. The molecule has 1 aromatic rings. The molecule has 0 radical (unpaired) electrons. The molecule has 0 unspecified atom stereocenters. The van der Waals surface area contributed by atoms with Gasteiger partial charge in [-0.05, 0) is 37.0 Å². The van der Waals surface area contributed by atoms with E-state index in [1.165, 1.54) is 6.26 Å². The number of carbonyl (C=O) groups is 1. The Balaban J connectivity index is 1.92. The van der Waals surface area contributed by atoms with Crippen molar-refractivity contribution in [2.24, 2.45) is 5.92 Å². The first-order valence-electron chi connectivity index (χ1n) is 7.61. The highest BCUT2D eigenvalue weighted by molar-refractivity contribution is 7.89. The Morgan fingerprint density at radius 3 is 3.17 bits per heavy atom. The van der Waals surface area contributed by atoms with Crippen molar-refractivity contribution in [3.63, 3.8) is 0 Å². The largest absolute Gasteiger partial charge is 0.496 e. The molecule has 0 aliphatic carbocycles. The fourth-order valence-electron chi connectivity index (χ4n) is 2.66. The van der Waals surface area contributed by atoms with E-state index in [4.69, 9.17) is 24.8 Å². The van der Waals surface area contributed by atoms with E-state index >= 15 is 0 Å². The molecule has 1 fully saturated rings. The maximum atomic E-state index is 12.8. The number of methoxy groups -OCH3 is 1. The van der Waals surface area contributed by atoms with Gasteiger partial charge in [0, 0.05) is 24.7 Å². The van der Waals surface area contributed by atoms with Crippen LogP contribution in [0.1, 0.15) is 23.2 Å². The second-order valence-corrected chi connectivity index (χ2v) is 6.30. The summed E-state index contributed by atoms with van der Waals surface area (Å²) < 4.78 is 15.1. The number of amides is 1. The van der Waals surface area contributed by atoms with Gasteiger partial charge in [-0.15, -0.1) is 0 Å². The van der Waals surface area contributed by atoms with Crippen molar-refractivity contribution >= 4 is 29.8 Å². The van der Waals surface area contributed by atoms with E-state index in [0.717, 1.165) is 31.7 Å². The Morgan fingerprint density at radius 1 is 1.58 bits per heavy atom. The topological polar surface area (TPSA) is 60.0 Å². The molecule has 1 atom stereocenters. The lowest BCUT2D eigenvalue weighted by Gasteiger charge is -2.33. The number of rotatable bonds is 8. The van der Waals surface area contributed by atoms with Gasteiger partial charge in [0.1, 0.15) is 5.75 Å². The second-order valence-electron chi connectivity index (χ2n) is 5.37. The molecule has 1 heterocycles. The normalized spacial score (nSPS) is 17.4. The summed E-state index contributed by atoms with van der Waals surface area (Å²) in [5.41, 5.74) is 3.32. The van der Waals surface area contributed by atoms with E-state index in [1.807, 2.05) is 4.90 Å². The number of nitrogens with one attached hydrogen (secondary N) is 1. The second kappa shape index (κ2) is 9.78. The van der Waals surface area contributed by atoms with E-state index in [2.05, 4.69) is 12.1 Å². The summed E-state index contributed by atoms with van der Waals surface area (Å²) >= 11 is 6.83. The average Bonchev–Trinajstić information content (AvgIpc) is 2.61. The number of hydrogen-bond donors (Lipinski definition) is 1. The van der Waals surface area contributed by atoms with Crippen molar-refractivity contribution < 1.29 is 18.0 Å². The molecule has 0 spiro atoms. The summed E-state index contributed by atoms with van der Waals surface area (Å²) in [6.07, 6.45) is 3.25. The van der Waals surface area contributed by atoms with Crippen LogP contribution in [0, 0.1) is 5.92 Å². The van der Waals surface area contributed by atoms with Crippen molar-refractivity contribution in [2.45, 2.75) is 12.8 Å². The van der Waals surface area contributed by atoms with E-state index in [9.17, 15) is 4.79 Å². The predicted molar refractivity (Wildman–Crippen MR) is 94.6 cm³/mol. The van der Waals surface area contributed by atoms with Gasteiger partial charge >= 0.3 is 0 Å². The molecule has 132 valence electrons. The molecule has 24 heavy (non-hydrogen) atoms. The van der Waals surface area contributed by atoms with Crippen LogP contribution in [0.5, 0.6) is 5.75 Å². The number of benzene rings is 1. The van der Waals surface area contributed by atoms with Gasteiger partial charge in [-0.2, -0.15) is 9.76 Å². The number of likely N-dealkylation sites (tertiary alicyclic amines) is 1. The van der Waals surface area contributed by atoms with Crippen molar-refractivity contribution in [1.29, 1.82) is 0 Å². The third-order valence-electron chi connectivity index (χ3n) is 3.77. The number of ether oxygens (including phenoxy) is 1. The molecule has 1 N–H and O–H groups in total. The maximum absolute atomic E-state index is 12.8. The Hall–Kier alpha value is -1.41. The smallest absolute Gasteiger partial charge is 0.257 e. The first kappa shape index (κ1) is 18.9. The average molecular weight is 373 g/mol. The third kappa shape index (κ3) is 5.31. The van der Waals surface area contributed by atoms with Crippen molar-refractivity contribution in [3.05, 3.63) is 41.6 Å². The molecular weight excluding hydrogens is 352 g/mol. The molecule has 1 aliphatic rings. The Morgan fingerprint density at radius 2 is 2.42 bits per heavy atom. The lowest BCUT2D eigenvalue weighted by molar-refractivity contribution is 0.0644. The highest BCUT2D eigenvalue weighted by Crippen LogP contribution is 2.26. The number of piperidine rings is 1. The van der Waals surface area contributed by atoms with E-state index in [-0.39, 0.29) is 5.91 Å². The molecule has 1 amide bonds. The molecule has 6 nitrogen and oxygen atoms in total. The van der Waals surface area contributed by atoms with Gasteiger partial charge in [-0.25, -0.2) is 0 Å². The van der Waals surface area contributed by atoms with Crippen LogP contribution in [-0.2, 0) is 8.47 Å². The van der Waals surface area contributed by atoms with E-state index in [1.54, 1.807) is 25.3 Å². The predicted octanol–water partition coefficient (Wildman–Crippen LogP) is 3.45. The number of nitrogens with zero attached hydrogens (tertiary/aromatic N) is 1. The number of hydroxylamine groups is 1. The minimum Gasteiger partial charge on any atom is -0.496 e. The maximum Gasteiger partial charge on any atom is 0.257 e. The van der Waals surface area contributed by atoms with Crippen molar-refractivity contribution in [3.8, 4) is 5.75 Å². The van der Waals surface area contributed by atoms with Crippen LogP contribution in [0.25, 0.3) is 0 Å². The first-order valence-corrected chi connectivity index (χ1v) is 8.65. The molecule has 2 rings (SSSR count). The summed E-state index contributed by atoms with van der Waals surface area (Å²) in [4.78, 5) is 14.6. The van der Waals surface area contributed by atoms with Crippen LogP contribution in [-0.4, -0.2) is 37.6 Å². The van der Waals surface area contributed by atoms with Gasteiger partial charge in [0.25, 0.3) is 5.91 Å². The zero-order valence-corrected chi connectivity index (χ0v) is 15.1. The SMILES string of the molecule is C=COSONC[C@H]1CCCN(C(=O)c2cc(Cl)ccc2OC)C1. The summed E-state index contributed by atoms with van der Waals surface area (Å²) in [7, 11) is 1.54. The summed E-state index contributed by atoms with van der Waals surface area (Å²) in [6.45, 7) is 5.41. The van der Waals surface area contributed by atoms with Crippen LogP contribution in [0.3, 0.4) is 0 Å². The first-order chi connectivity index (χ1) is 11.7. The van der Waals surface area contributed by atoms with Crippen LogP contribution < -0.4 is 10.2 Å². The minimum absolute atomic E-state index is 0.0654. The molecule has 0 aromatic heterocycles. The third-order valence-corrected chi connectivity index (χ3v) is 4.41. The lowest BCUT2D eigenvalue weighted by Crippen LogP contribution is -2.42. The standard InChI is InChI=1S/C16H21ClN2O4S/c1-3-22-24-23-18-10-12-5-4-8-19(11-12)16(20)14-9-13(17)6-7-15(14)21-2/h3,6-7,9,12,18H,1,4-5,8,10-11H2,2H3/t12-/m1/s1. The fourth-order valence-corrected chi connectivity index (χ4v) is 3.04. The van der Waals surface area contributed by atoms with E-state index < -0.39 is 0 Å². The van der Waals surface area contributed by atoms with Crippen molar-refractivity contribution in [2.75, 3.05) is 26.7 Å². The summed E-state index contributed by atoms with van der Waals surface area (Å²) in [6, 6.07) is 5.07. The zero-order valence-electron chi connectivity index (χ0n) is 13.5. The Bertz CT molecular complexity index is 573. The molecule has 1 saturated heterocycles. The molecule has 8 heteroatoms. The van der Waals surface area contributed by atoms with Gasteiger partial charge in [0.15, 0.2) is 0 Å². The molecule has 1 aliphatic heterocycles. The van der Waals surface area contributed by atoms with Crippen LogP contribution in [0.4, 0.5) is 0 Å². The monoisotopic (exact) mass is 372 g/mol. The van der Waals surface area contributed by atoms with Gasteiger partial charge < -0.3 is 13.8 Å². The number of carbonyl (C=O) groups excluding carboxylic acids is 1. The fraction of sp³-hybridized carbons (Fsp3) is 0.438. The van der Waals surface area contributed by atoms with Gasteiger partial charge in [0.05, 0.1) is 18.9 Å². The van der Waals surface area contributed by atoms with Gasteiger partial charge in [0.2, 0.25) is 12.3 Å². The molecule has 0 saturated carbocycles. The Kier molecular flexibility index (Phi) is 7.71. The van der Waals surface area contributed by atoms with Crippen LogP contribution in [0.15, 0.2) is 31.0 Å². The minimum atomic E-state index is -0.0654. The van der Waals surface area contributed by atoms with Crippen LogP contribution in [0.2, 0.25) is 5.02 Å². The van der Waals surface area contributed by atoms with E-state index in [0.29, 0.717) is 35.3 Å². The number of halogens is 1. The summed E-state index contributed by atoms with van der Waals surface area (Å²) in [5, 5.41) is 0.516. The van der Waals surface area contributed by atoms with Crippen molar-refractivity contribution in [1.82, 2.24) is 10.4 Å². The summed E-state index contributed by atoms with van der Waals surface area (Å²) in [5.74, 6) is 0.771. The van der Waals surface area contributed by atoms with Crippen LogP contribution >= 0.6 is 23.9 Å². The quantitative estimate of drug-likeness (QED) is 0.326. The zero-order chi connectivity index (χ0) is 17.4. The number of hydrogen-bond acceptors (Lipinski definition) is 6. The van der Waals surface area contributed by atoms with Gasteiger partial charge in [-0.3, -0.25) is 4.79 Å². The lowest BCUT2D eigenvalue weighted by atomic mass is 9.97. The van der Waals surface area contributed by atoms with Gasteiger partial charge in [-0.1, -0.05) is 18.2 Å². The molecule has 1 aromatic carbocycles. The molecule has 0 bridgehead atoms. The molecular formula is C16H21ClN2O4S. The Labute approximate surface area is 151 Å².